The first-order valence-corrected chi connectivity index (χ1v) is 4.51. The largest absolute Gasteiger partial charge is 0.478 e. The molecular formula is C9H6O3S. The summed E-state index contributed by atoms with van der Waals surface area (Å²) < 4.78 is 5.10. The predicted octanol–water partition coefficient (Wildman–Crippen LogP) is 2.71. The van der Waals surface area contributed by atoms with Gasteiger partial charge in [-0.25, -0.2) is 4.79 Å². The van der Waals surface area contributed by atoms with E-state index >= 15 is 0 Å². The lowest BCUT2D eigenvalue weighted by atomic mass is 10.2. The van der Waals surface area contributed by atoms with Gasteiger partial charge in [0.1, 0.15) is 5.56 Å². The number of hydrogen-bond acceptors (Lipinski definition) is 3. The topological polar surface area (TPSA) is 50.4 Å². The minimum Gasteiger partial charge on any atom is -0.478 e. The molecule has 0 aliphatic carbocycles. The molecule has 1 N–H and O–H groups in total. The fourth-order valence-corrected chi connectivity index (χ4v) is 1.80. The standard InChI is InChI=1S/C9H6O3S/c10-9(11)6-3-4-12-8(6)7-2-1-5-13-7/h1-5H,(H,10,11). The van der Waals surface area contributed by atoms with E-state index in [4.69, 9.17) is 9.52 Å². The molecule has 0 radical (unpaired) electrons. The minimum absolute atomic E-state index is 0.211. The van der Waals surface area contributed by atoms with E-state index in [1.807, 2.05) is 17.5 Å². The van der Waals surface area contributed by atoms with Crippen molar-refractivity contribution in [2.24, 2.45) is 0 Å². The van der Waals surface area contributed by atoms with Gasteiger partial charge in [-0.2, -0.15) is 0 Å². The van der Waals surface area contributed by atoms with Gasteiger partial charge in [-0.1, -0.05) is 6.07 Å². The normalized spacial score (nSPS) is 10.2. The van der Waals surface area contributed by atoms with E-state index in [0.29, 0.717) is 5.76 Å². The molecule has 0 unspecified atom stereocenters. The molecule has 0 amide bonds. The number of furan rings is 1. The van der Waals surface area contributed by atoms with Crippen LogP contribution in [0.2, 0.25) is 0 Å². The average Bonchev–Trinajstić information content (AvgIpc) is 2.74. The van der Waals surface area contributed by atoms with Crippen LogP contribution in [0.3, 0.4) is 0 Å². The monoisotopic (exact) mass is 194 g/mol. The van der Waals surface area contributed by atoms with Gasteiger partial charge in [0.05, 0.1) is 11.1 Å². The van der Waals surface area contributed by atoms with Crippen molar-refractivity contribution in [3.8, 4) is 10.6 Å². The molecule has 0 saturated heterocycles. The first-order chi connectivity index (χ1) is 6.29. The van der Waals surface area contributed by atoms with Crippen LogP contribution in [0.25, 0.3) is 10.6 Å². The highest BCUT2D eigenvalue weighted by molar-refractivity contribution is 7.13. The fraction of sp³-hybridized carbons (Fsp3) is 0. The second-order valence-electron chi connectivity index (χ2n) is 2.45. The van der Waals surface area contributed by atoms with Gasteiger partial charge >= 0.3 is 5.97 Å². The van der Waals surface area contributed by atoms with Crippen LogP contribution in [0.5, 0.6) is 0 Å². The third-order valence-electron chi connectivity index (χ3n) is 1.64. The van der Waals surface area contributed by atoms with Crippen molar-refractivity contribution in [3.63, 3.8) is 0 Å². The Kier molecular flexibility index (Phi) is 1.90. The Hall–Kier alpha value is -1.55. The van der Waals surface area contributed by atoms with Crippen LogP contribution in [0, 0.1) is 0 Å². The number of rotatable bonds is 2. The minimum atomic E-state index is -0.961. The van der Waals surface area contributed by atoms with E-state index < -0.39 is 5.97 Å². The zero-order chi connectivity index (χ0) is 9.26. The van der Waals surface area contributed by atoms with Crippen LogP contribution >= 0.6 is 11.3 Å². The highest BCUT2D eigenvalue weighted by atomic mass is 32.1. The summed E-state index contributed by atoms with van der Waals surface area (Å²) >= 11 is 1.46. The first kappa shape index (κ1) is 8.07. The molecule has 13 heavy (non-hydrogen) atoms. The van der Waals surface area contributed by atoms with Crippen LogP contribution in [0.15, 0.2) is 34.3 Å². The van der Waals surface area contributed by atoms with Crippen LogP contribution < -0.4 is 0 Å². The molecule has 0 spiro atoms. The molecule has 0 bridgehead atoms. The van der Waals surface area contributed by atoms with E-state index in [2.05, 4.69) is 0 Å². The summed E-state index contributed by atoms with van der Waals surface area (Å²) in [6, 6.07) is 5.14. The number of carbonyl (C=O) groups is 1. The maximum absolute atomic E-state index is 10.7. The lowest BCUT2D eigenvalue weighted by Crippen LogP contribution is -1.94. The van der Waals surface area contributed by atoms with Crippen LogP contribution in [-0.2, 0) is 0 Å². The van der Waals surface area contributed by atoms with E-state index in [-0.39, 0.29) is 5.56 Å². The molecule has 0 fully saturated rings. The van der Waals surface area contributed by atoms with Crippen LogP contribution in [-0.4, -0.2) is 11.1 Å². The molecule has 0 aromatic carbocycles. The van der Waals surface area contributed by atoms with Gasteiger partial charge in [0.15, 0.2) is 5.76 Å². The van der Waals surface area contributed by atoms with E-state index in [1.165, 1.54) is 23.7 Å². The number of aromatic carboxylic acids is 1. The van der Waals surface area contributed by atoms with Gasteiger partial charge in [-0.15, -0.1) is 11.3 Å². The Morgan fingerprint density at radius 1 is 1.46 bits per heavy atom. The Bertz CT molecular complexity index is 414. The molecule has 2 rings (SSSR count). The lowest BCUT2D eigenvalue weighted by molar-refractivity contribution is 0.0697. The predicted molar refractivity (Wildman–Crippen MR) is 49.0 cm³/mol. The van der Waals surface area contributed by atoms with Crippen LogP contribution in [0.4, 0.5) is 0 Å². The van der Waals surface area contributed by atoms with Crippen molar-refractivity contribution in [2.45, 2.75) is 0 Å². The zero-order valence-corrected chi connectivity index (χ0v) is 7.38. The third-order valence-corrected chi connectivity index (χ3v) is 2.51. The van der Waals surface area contributed by atoms with E-state index in [9.17, 15) is 4.79 Å². The summed E-state index contributed by atoms with van der Waals surface area (Å²) in [4.78, 5) is 11.6. The van der Waals surface area contributed by atoms with Gasteiger partial charge < -0.3 is 9.52 Å². The molecule has 66 valence electrons. The smallest absolute Gasteiger partial charge is 0.339 e. The Morgan fingerprint density at radius 2 is 2.31 bits per heavy atom. The summed E-state index contributed by atoms with van der Waals surface area (Å²) in [5, 5.41) is 10.7. The summed E-state index contributed by atoms with van der Waals surface area (Å²) in [5.41, 5.74) is 0.211. The Balaban J connectivity index is 2.52. The molecule has 0 aliphatic heterocycles. The summed E-state index contributed by atoms with van der Waals surface area (Å²) in [6.45, 7) is 0. The van der Waals surface area contributed by atoms with Gasteiger partial charge in [0, 0.05) is 0 Å². The summed E-state index contributed by atoms with van der Waals surface area (Å²) in [5.74, 6) is -0.528. The molecule has 2 heterocycles. The SMILES string of the molecule is O=C(O)c1ccoc1-c1cccs1. The number of carboxylic acid groups (broad SMARTS) is 1. The van der Waals surface area contributed by atoms with Crippen molar-refractivity contribution < 1.29 is 14.3 Å². The quantitative estimate of drug-likeness (QED) is 0.799. The second-order valence-corrected chi connectivity index (χ2v) is 3.39. The molecule has 3 nitrogen and oxygen atoms in total. The Morgan fingerprint density at radius 3 is 2.92 bits per heavy atom. The average molecular weight is 194 g/mol. The Labute approximate surface area is 78.2 Å². The van der Waals surface area contributed by atoms with Crippen molar-refractivity contribution in [3.05, 3.63) is 35.4 Å². The van der Waals surface area contributed by atoms with Gasteiger partial charge in [0.25, 0.3) is 0 Å². The molecule has 4 heteroatoms. The van der Waals surface area contributed by atoms with Gasteiger partial charge in [-0.05, 0) is 17.5 Å². The van der Waals surface area contributed by atoms with Crippen molar-refractivity contribution >= 4 is 17.3 Å². The van der Waals surface area contributed by atoms with Gasteiger partial charge in [-0.3, -0.25) is 0 Å². The van der Waals surface area contributed by atoms with Crippen molar-refractivity contribution in [1.29, 1.82) is 0 Å². The molecule has 2 aromatic rings. The molecule has 0 aliphatic rings. The molecular weight excluding hydrogens is 188 g/mol. The van der Waals surface area contributed by atoms with Crippen molar-refractivity contribution in [1.82, 2.24) is 0 Å². The fourth-order valence-electron chi connectivity index (χ4n) is 1.08. The van der Waals surface area contributed by atoms with E-state index in [1.54, 1.807) is 0 Å². The molecule has 0 saturated carbocycles. The summed E-state index contributed by atoms with van der Waals surface area (Å²) in [7, 11) is 0. The summed E-state index contributed by atoms with van der Waals surface area (Å²) in [6.07, 6.45) is 1.39. The first-order valence-electron chi connectivity index (χ1n) is 3.63. The highest BCUT2D eigenvalue weighted by Gasteiger charge is 2.15. The zero-order valence-electron chi connectivity index (χ0n) is 6.56. The lowest BCUT2D eigenvalue weighted by Gasteiger charge is -1.92. The molecule has 2 aromatic heterocycles. The van der Waals surface area contributed by atoms with Crippen molar-refractivity contribution in [2.75, 3.05) is 0 Å². The maximum atomic E-state index is 10.7. The number of hydrogen-bond donors (Lipinski definition) is 1. The maximum Gasteiger partial charge on any atom is 0.339 e. The second kappa shape index (κ2) is 3.06. The van der Waals surface area contributed by atoms with Crippen LogP contribution in [0.1, 0.15) is 10.4 Å². The number of carboxylic acids is 1. The van der Waals surface area contributed by atoms with E-state index in [0.717, 1.165) is 4.88 Å². The highest BCUT2D eigenvalue weighted by Crippen LogP contribution is 2.28. The third kappa shape index (κ3) is 1.36. The number of thiophene rings is 1. The van der Waals surface area contributed by atoms with Gasteiger partial charge in [0.2, 0.25) is 0 Å². The molecule has 0 atom stereocenters.